The lowest BCUT2D eigenvalue weighted by Gasteiger charge is -2.59. The molecule has 6 atom stereocenters. The van der Waals surface area contributed by atoms with Crippen LogP contribution in [0.4, 0.5) is 10.5 Å². The van der Waals surface area contributed by atoms with E-state index in [1.807, 2.05) is 54.6 Å². The Morgan fingerprint density at radius 3 is 2.36 bits per heavy atom. The van der Waals surface area contributed by atoms with Crippen molar-refractivity contribution < 1.29 is 53.6 Å². The summed E-state index contributed by atoms with van der Waals surface area (Å²) in [7, 11) is 1.47. The molecule has 0 unspecified atom stereocenters. The van der Waals surface area contributed by atoms with E-state index in [1.165, 1.54) is 36.3 Å². The van der Waals surface area contributed by atoms with Crippen molar-refractivity contribution in [2.75, 3.05) is 53.3 Å². The standard InChI is InChI=1S/C49H57N3O12/c1-3-26-61-49-45(51(22-27-60-28-25-55)48(56)63-37-18-15-36(16-19-37)52(57)58)32-43(50-59-2)41-30-35(12-6-8-23-53)40(13-7-9-24-54)46(47(41)49)42-31-39(20-21-44(42)64-49)62-38-17-14-33-10-4-5-11-34(33)29-38/h3-5,10-11,14-21,29-31,35,40,45-47,53-55H,1,6-9,12-13,22-28,32H2,2H3/t35-,40+,45-,46+,47+,49+/m0/s1. The third-order valence-electron chi connectivity index (χ3n) is 12.4. The number of nitro benzene ring substituents is 1. The van der Waals surface area contributed by atoms with Crippen LogP contribution >= 0.6 is 0 Å². The molecule has 1 heterocycles. The van der Waals surface area contributed by atoms with Crippen molar-refractivity contribution in [2.45, 2.75) is 62.7 Å². The maximum absolute atomic E-state index is 14.7. The highest BCUT2D eigenvalue weighted by Crippen LogP contribution is 2.62. The molecule has 3 aliphatic rings. The lowest BCUT2D eigenvalue weighted by molar-refractivity contribution is -0.384. The molecule has 1 fully saturated rings. The normalized spacial score (nSPS) is 22.7. The van der Waals surface area contributed by atoms with Crippen molar-refractivity contribution in [3.8, 4) is 23.0 Å². The van der Waals surface area contributed by atoms with Crippen LogP contribution in [0.5, 0.6) is 23.0 Å². The Bertz CT molecular complexity index is 2300. The zero-order valence-corrected chi connectivity index (χ0v) is 36.1. The number of amides is 1. The van der Waals surface area contributed by atoms with Gasteiger partial charge in [0.05, 0.1) is 43.0 Å². The van der Waals surface area contributed by atoms with Crippen molar-refractivity contribution in [1.29, 1.82) is 0 Å². The van der Waals surface area contributed by atoms with E-state index < -0.39 is 28.8 Å². The average Bonchev–Trinajstić information content (AvgIpc) is 3.30. The van der Waals surface area contributed by atoms with Crippen LogP contribution < -0.4 is 14.2 Å². The molecule has 0 saturated heterocycles. The van der Waals surface area contributed by atoms with E-state index in [0.717, 1.165) is 47.6 Å². The van der Waals surface area contributed by atoms with Crippen molar-refractivity contribution in [1.82, 2.24) is 4.90 Å². The third-order valence-corrected chi connectivity index (χ3v) is 12.4. The molecule has 3 N–H and O–H groups in total. The number of allylic oxidation sites excluding steroid dienone is 1. The predicted molar refractivity (Wildman–Crippen MR) is 240 cm³/mol. The summed E-state index contributed by atoms with van der Waals surface area (Å²) in [4.78, 5) is 32.6. The molecule has 0 aromatic heterocycles. The van der Waals surface area contributed by atoms with Crippen LogP contribution in [0.15, 0.2) is 114 Å². The Hall–Kier alpha value is -5.84. The average molecular weight is 880 g/mol. The summed E-state index contributed by atoms with van der Waals surface area (Å²) >= 11 is 0. The van der Waals surface area contributed by atoms with Gasteiger partial charge in [0.2, 0.25) is 5.79 Å². The zero-order valence-electron chi connectivity index (χ0n) is 36.1. The highest BCUT2D eigenvalue weighted by molar-refractivity contribution is 6.03. The number of non-ortho nitro benzene ring substituents is 1. The summed E-state index contributed by atoms with van der Waals surface area (Å²) in [5, 5.41) is 47.6. The van der Waals surface area contributed by atoms with Gasteiger partial charge in [-0.3, -0.25) is 15.0 Å². The van der Waals surface area contributed by atoms with Gasteiger partial charge in [0.15, 0.2) is 0 Å². The number of rotatable bonds is 22. The number of aliphatic hydroxyl groups is 3. The number of hydrogen-bond donors (Lipinski definition) is 3. The summed E-state index contributed by atoms with van der Waals surface area (Å²) in [5.74, 6) is -0.603. The van der Waals surface area contributed by atoms with Gasteiger partial charge in [0.25, 0.3) is 5.69 Å². The number of fused-ring (bicyclic) bond motifs is 3. The maximum atomic E-state index is 14.7. The lowest BCUT2D eigenvalue weighted by atomic mass is 9.55. The van der Waals surface area contributed by atoms with Gasteiger partial charge in [0, 0.05) is 49.8 Å². The van der Waals surface area contributed by atoms with Crippen LogP contribution in [-0.4, -0.2) is 102 Å². The number of carbonyl (C=O) groups excluding carboxylic acids is 1. The number of ether oxygens (including phenoxy) is 5. The fraction of sp³-hybridized carbons (Fsp3) is 0.429. The van der Waals surface area contributed by atoms with E-state index in [9.17, 15) is 30.2 Å². The minimum absolute atomic E-state index is 0.0142. The first-order chi connectivity index (χ1) is 31.2. The highest BCUT2D eigenvalue weighted by Gasteiger charge is 2.65. The fourth-order valence-corrected chi connectivity index (χ4v) is 9.69. The van der Waals surface area contributed by atoms with Gasteiger partial charge in [-0.1, -0.05) is 60.5 Å². The van der Waals surface area contributed by atoms with Gasteiger partial charge in [-0.05, 0) is 96.3 Å². The first kappa shape index (κ1) is 46.2. The molecule has 15 nitrogen and oxygen atoms in total. The van der Waals surface area contributed by atoms with Crippen LogP contribution in [0, 0.1) is 27.9 Å². The molecule has 2 aliphatic carbocycles. The number of nitrogens with zero attached hydrogens (tertiary/aromatic N) is 3. The first-order valence-corrected chi connectivity index (χ1v) is 21.9. The molecule has 0 spiro atoms. The number of oxime groups is 1. The largest absolute Gasteiger partial charge is 0.459 e. The number of hydrogen-bond acceptors (Lipinski definition) is 13. The second-order valence-electron chi connectivity index (χ2n) is 16.2. The Morgan fingerprint density at radius 2 is 1.64 bits per heavy atom. The van der Waals surface area contributed by atoms with E-state index in [0.29, 0.717) is 35.8 Å². The Kier molecular flexibility index (Phi) is 15.6. The number of carbonyl (C=O) groups is 1. The molecule has 0 bridgehead atoms. The Labute approximate surface area is 372 Å². The highest BCUT2D eigenvalue weighted by atomic mass is 16.7. The molecule has 4 aromatic rings. The smallest absolute Gasteiger partial charge is 0.415 e. The molecule has 340 valence electrons. The summed E-state index contributed by atoms with van der Waals surface area (Å²) in [6.07, 6.45) is 7.47. The van der Waals surface area contributed by atoms with Gasteiger partial charge in [-0.25, -0.2) is 4.79 Å². The van der Waals surface area contributed by atoms with Gasteiger partial charge in [0.1, 0.15) is 36.1 Å². The monoisotopic (exact) mass is 879 g/mol. The van der Waals surface area contributed by atoms with Crippen LogP contribution in [0.2, 0.25) is 0 Å². The minimum atomic E-state index is -1.58. The minimum Gasteiger partial charge on any atom is -0.459 e. The van der Waals surface area contributed by atoms with E-state index in [-0.39, 0.29) is 81.8 Å². The van der Waals surface area contributed by atoms with Crippen molar-refractivity contribution in [3.05, 3.63) is 125 Å². The second kappa shape index (κ2) is 21.7. The van der Waals surface area contributed by atoms with E-state index in [1.54, 1.807) is 6.08 Å². The summed E-state index contributed by atoms with van der Waals surface area (Å²) < 4.78 is 32.5. The quantitative estimate of drug-likeness (QED) is 0.0297. The SMILES string of the molecule is C=CCO[C@@]12Oc3ccc(Oc4ccc5ccccc5c4)cc3[C@H]3[C@H](CCCCO)[C@@H](CCCCO)C=C(C(=NOC)C[C@@H]1N(CCOCCO)C(=O)Oc1ccc([N+](=O)[O-])cc1)[C@H]32. The van der Waals surface area contributed by atoms with Crippen LogP contribution in [0.25, 0.3) is 10.8 Å². The molecule has 0 radical (unpaired) electrons. The molecule has 64 heavy (non-hydrogen) atoms. The van der Waals surface area contributed by atoms with Crippen molar-refractivity contribution >= 4 is 28.3 Å². The molecule has 1 aliphatic heterocycles. The maximum Gasteiger partial charge on any atom is 0.415 e. The fourth-order valence-electron chi connectivity index (χ4n) is 9.69. The number of aliphatic hydroxyl groups excluding tert-OH is 3. The molecule has 7 rings (SSSR count). The summed E-state index contributed by atoms with van der Waals surface area (Å²) in [6, 6.07) is 24.1. The molecule has 15 heteroatoms. The van der Waals surface area contributed by atoms with Crippen LogP contribution in [-0.2, 0) is 14.3 Å². The topological polar surface area (TPSA) is 192 Å². The predicted octanol–water partition coefficient (Wildman–Crippen LogP) is 8.31. The van der Waals surface area contributed by atoms with E-state index in [4.69, 9.17) is 28.5 Å². The van der Waals surface area contributed by atoms with Gasteiger partial charge in [-0.2, -0.15) is 0 Å². The van der Waals surface area contributed by atoms with E-state index in [2.05, 4.69) is 23.9 Å². The molecule has 4 aromatic carbocycles. The van der Waals surface area contributed by atoms with Crippen molar-refractivity contribution in [3.63, 3.8) is 0 Å². The number of nitro groups is 1. The number of unbranched alkanes of at least 4 members (excludes halogenated alkanes) is 2. The molecular weight excluding hydrogens is 823 g/mol. The van der Waals surface area contributed by atoms with Gasteiger partial charge >= 0.3 is 6.09 Å². The first-order valence-electron chi connectivity index (χ1n) is 21.9. The molecule has 1 amide bonds. The lowest BCUT2D eigenvalue weighted by Crippen LogP contribution is -2.70. The number of benzene rings is 4. The Balaban J connectivity index is 1.40. The van der Waals surface area contributed by atoms with Gasteiger partial charge < -0.3 is 43.8 Å². The second-order valence-corrected chi connectivity index (χ2v) is 16.2. The zero-order chi connectivity index (χ0) is 45.1. The Morgan fingerprint density at radius 1 is 0.922 bits per heavy atom. The summed E-state index contributed by atoms with van der Waals surface area (Å²) in [6.45, 7) is 3.94. The van der Waals surface area contributed by atoms with Crippen LogP contribution in [0.1, 0.15) is 56.4 Å². The molecular formula is C49H57N3O12. The van der Waals surface area contributed by atoms with E-state index >= 15 is 0 Å². The van der Waals surface area contributed by atoms with Gasteiger partial charge in [-0.15, -0.1) is 6.58 Å². The van der Waals surface area contributed by atoms with Crippen molar-refractivity contribution in [2.24, 2.45) is 22.9 Å². The molecule has 1 saturated carbocycles. The summed E-state index contributed by atoms with van der Waals surface area (Å²) in [5.41, 5.74) is 2.16. The third kappa shape index (κ3) is 10.1. The van der Waals surface area contributed by atoms with Crippen LogP contribution in [0.3, 0.4) is 0 Å².